The van der Waals surface area contributed by atoms with Crippen LogP contribution in [0.25, 0.3) is 0 Å². The molecule has 0 N–H and O–H groups in total. The third-order valence-corrected chi connectivity index (χ3v) is 4.94. The Kier molecular flexibility index (Phi) is 5.68. The average Bonchev–Trinajstić information content (AvgIpc) is 2.26. The molecule has 2 heteroatoms. The van der Waals surface area contributed by atoms with Crippen molar-refractivity contribution in [3.05, 3.63) is 28.8 Å². The molecule has 0 aliphatic heterocycles. The molecule has 0 saturated heterocycles. The van der Waals surface area contributed by atoms with Gasteiger partial charge in [0.15, 0.2) is 0 Å². The van der Waals surface area contributed by atoms with Gasteiger partial charge >= 0.3 is 117 Å². The van der Waals surface area contributed by atoms with Crippen molar-refractivity contribution in [2.75, 3.05) is 0 Å². The van der Waals surface area contributed by atoms with Gasteiger partial charge in [-0.2, -0.15) is 0 Å². The normalized spacial score (nSPS) is 12.1. The van der Waals surface area contributed by atoms with Crippen molar-refractivity contribution >= 4 is 11.8 Å². The molecule has 0 fully saturated rings. The molecule has 0 aliphatic carbocycles. The topological polar surface area (TPSA) is 0 Å². The Hall–Kier alpha value is 0.143. The van der Waals surface area contributed by atoms with Gasteiger partial charge in [-0.25, -0.2) is 0 Å². The van der Waals surface area contributed by atoms with Crippen LogP contribution < -0.4 is 5.30 Å². The Balaban J connectivity index is 3.51. The fourth-order valence-corrected chi connectivity index (χ4v) is 4.09. The van der Waals surface area contributed by atoms with Gasteiger partial charge in [0.25, 0.3) is 0 Å². The van der Waals surface area contributed by atoms with Crippen molar-refractivity contribution in [3.8, 4) is 0 Å². The molecule has 0 spiro atoms. The summed E-state index contributed by atoms with van der Waals surface area (Å²) in [6.07, 6.45) is 0. The quantitative estimate of drug-likeness (QED) is 0.530. The molecule has 0 bridgehead atoms. The van der Waals surface area contributed by atoms with Crippen LogP contribution in [0.4, 0.5) is 0 Å². The maximum absolute atomic E-state index is 3.06. The molecule has 0 unspecified atom stereocenters. The van der Waals surface area contributed by atoms with Gasteiger partial charge in [-0.3, -0.25) is 0 Å². The number of rotatable bonds is 4. The van der Waals surface area contributed by atoms with Gasteiger partial charge in [0, 0.05) is 0 Å². The first-order chi connectivity index (χ1) is 7.88. The second kappa shape index (κ2) is 6.35. The standard InChI is InChI=1S/C15H23P.Rh/c1-9(2)12-7-13(10(3)4)15(16)14(8-12)11(5)6;/h7-11H,1-6H3;. The van der Waals surface area contributed by atoms with Gasteiger partial charge in [-0.1, -0.05) is 0 Å². The van der Waals surface area contributed by atoms with Crippen molar-refractivity contribution in [2.24, 2.45) is 0 Å². The summed E-state index contributed by atoms with van der Waals surface area (Å²) in [4.78, 5) is 0. The molecule has 1 rings (SSSR count). The van der Waals surface area contributed by atoms with E-state index in [9.17, 15) is 0 Å². The molecule has 0 atom stereocenters. The van der Waals surface area contributed by atoms with Crippen LogP contribution in [0.5, 0.6) is 0 Å². The van der Waals surface area contributed by atoms with E-state index in [1.165, 1.54) is 28.5 Å². The molecule has 0 radical (unpaired) electrons. The van der Waals surface area contributed by atoms with Crippen molar-refractivity contribution in [2.45, 2.75) is 59.3 Å². The van der Waals surface area contributed by atoms with Crippen LogP contribution in [0.1, 0.15) is 76.0 Å². The number of hydrogen-bond acceptors (Lipinski definition) is 0. The predicted octanol–water partition coefficient (Wildman–Crippen LogP) is 5.09. The summed E-state index contributed by atoms with van der Waals surface area (Å²) >= 11 is 3.06. The number of benzene rings is 1. The zero-order valence-electron chi connectivity index (χ0n) is 11.7. The number of hydrogen-bond donors (Lipinski definition) is 0. The zero-order chi connectivity index (χ0) is 13.2. The van der Waals surface area contributed by atoms with Crippen molar-refractivity contribution < 1.29 is 17.3 Å². The van der Waals surface area contributed by atoms with E-state index in [-0.39, 0.29) is 0 Å². The molecular weight excluding hydrogens is 314 g/mol. The van der Waals surface area contributed by atoms with Gasteiger partial charge in [-0.15, -0.1) is 0 Å². The molecule has 0 heterocycles. The summed E-state index contributed by atoms with van der Waals surface area (Å²) in [6.45, 7) is 15.0. The van der Waals surface area contributed by atoms with Gasteiger partial charge in [0.1, 0.15) is 0 Å². The van der Waals surface area contributed by atoms with E-state index in [1.807, 2.05) is 0 Å². The van der Waals surface area contributed by atoms with Gasteiger partial charge in [-0.05, 0) is 0 Å². The molecular formula is C15H23PRh. The zero-order valence-corrected chi connectivity index (χ0v) is 14.2. The molecule has 0 aromatic heterocycles. The predicted molar refractivity (Wildman–Crippen MR) is 75.3 cm³/mol. The van der Waals surface area contributed by atoms with Gasteiger partial charge in [0.2, 0.25) is 0 Å². The average molecular weight is 337 g/mol. The van der Waals surface area contributed by atoms with Crippen LogP contribution in [0.2, 0.25) is 0 Å². The van der Waals surface area contributed by atoms with Crippen molar-refractivity contribution in [1.82, 2.24) is 0 Å². The summed E-state index contributed by atoms with van der Waals surface area (Å²) in [5.41, 5.74) is 4.51. The molecule has 97 valence electrons. The van der Waals surface area contributed by atoms with Crippen LogP contribution >= 0.6 is 6.46 Å². The Bertz CT molecular complexity index is 376. The van der Waals surface area contributed by atoms with E-state index >= 15 is 0 Å². The Morgan fingerprint density at radius 2 is 1.24 bits per heavy atom. The van der Waals surface area contributed by atoms with Crippen LogP contribution in [-0.2, 0) is 17.3 Å². The van der Waals surface area contributed by atoms with Crippen LogP contribution in [0, 0.1) is 0 Å². The van der Waals surface area contributed by atoms with E-state index in [1.54, 1.807) is 0 Å². The molecule has 0 nitrogen and oxygen atoms in total. The third-order valence-electron chi connectivity index (χ3n) is 3.18. The first kappa shape index (κ1) is 15.2. The first-order valence-corrected chi connectivity index (χ1v) is 9.30. The molecule has 0 amide bonds. The Morgan fingerprint density at radius 3 is 1.47 bits per heavy atom. The van der Waals surface area contributed by atoms with Gasteiger partial charge < -0.3 is 0 Å². The van der Waals surface area contributed by atoms with E-state index in [0.717, 1.165) is 0 Å². The van der Waals surface area contributed by atoms with Crippen molar-refractivity contribution in [3.63, 3.8) is 0 Å². The molecule has 0 aliphatic rings. The minimum absolute atomic E-state index is 0.602. The molecule has 17 heavy (non-hydrogen) atoms. The van der Waals surface area contributed by atoms with E-state index in [4.69, 9.17) is 0 Å². The Morgan fingerprint density at radius 1 is 0.824 bits per heavy atom. The summed E-state index contributed by atoms with van der Waals surface area (Å²) in [5, 5.41) is 1.51. The molecule has 1 aromatic rings. The monoisotopic (exact) mass is 337 g/mol. The summed E-state index contributed by atoms with van der Waals surface area (Å²) < 4.78 is 0. The van der Waals surface area contributed by atoms with Gasteiger partial charge in [0.05, 0.1) is 0 Å². The van der Waals surface area contributed by atoms with E-state index in [0.29, 0.717) is 17.8 Å². The third kappa shape index (κ3) is 3.55. The van der Waals surface area contributed by atoms with E-state index < -0.39 is 0 Å². The second-order valence-electron chi connectivity index (χ2n) is 5.59. The fraction of sp³-hybridized carbons (Fsp3) is 0.600. The Labute approximate surface area is 117 Å². The second-order valence-corrected chi connectivity index (χ2v) is 7.28. The van der Waals surface area contributed by atoms with Crippen LogP contribution in [0.15, 0.2) is 12.1 Å². The van der Waals surface area contributed by atoms with Crippen LogP contribution in [0.3, 0.4) is 0 Å². The summed E-state index contributed by atoms with van der Waals surface area (Å²) in [6, 6.07) is 4.81. The molecule has 1 aromatic carbocycles. The minimum atomic E-state index is 0.602. The first-order valence-electron chi connectivity index (χ1n) is 6.36. The fourth-order valence-electron chi connectivity index (χ4n) is 2.00. The van der Waals surface area contributed by atoms with Crippen LogP contribution in [-0.4, -0.2) is 0 Å². The summed E-state index contributed by atoms with van der Waals surface area (Å²) in [5.74, 6) is 1.81. The molecule has 0 saturated carbocycles. The van der Waals surface area contributed by atoms with E-state index in [2.05, 4.69) is 71.0 Å². The SMILES string of the molecule is CC(C)c1cc(C(C)C)c([P]=[Rh])c(C(C)C)c1. The maximum atomic E-state index is 3.06. The van der Waals surface area contributed by atoms with Crippen molar-refractivity contribution in [1.29, 1.82) is 0 Å². The summed E-state index contributed by atoms with van der Waals surface area (Å²) in [7, 11) is 0.